The van der Waals surface area contributed by atoms with Crippen molar-refractivity contribution in [2.45, 2.75) is 45.7 Å². The van der Waals surface area contributed by atoms with Crippen LogP contribution in [0.15, 0.2) is 21.3 Å². The van der Waals surface area contributed by atoms with Crippen LogP contribution in [0.3, 0.4) is 0 Å². The summed E-state index contributed by atoms with van der Waals surface area (Å²) < 4.78 is 8.76. The van der Waals surface area contributed by atoms with E-state index in [-0.39, 0.29) is 24.4 Å². The fourth-order valence-corrected chi connectivity index (χ4v) is 2.91. The second kappa shape index (κ2) is 4.97. The normalized spacial score (nSPS) is 14.7. The molecule has 0 saturated heterocycles. The largest absolute Gasteiger partial charge is 0.460 e. The quantitative estimate of drug-likeness (QED) is 0.792. The zero-order valence-corrected chi connectivity index (χ0v) is 13.1. The summed E-state index contributed by atoms with van der Waals surface area (Å²) in [4.78, 5) is 24.4. The Bertz CT molecular complexity index is 975. The van der Waals surface area contributed by atoms with Gasteiger partial charge in [-0.1, -0.05) is 0 Å². The molecule has 1 aliphatic carbocycles. The van der Waals surface area contributed by atoms with Crippen molar-refractivity contribution in [1.82, 2.24) is 19.5 Å². The molecule has 3 aromatic rings. The van der Waals surface area contributed by atoms with Gasteiger partial charge in [0.05, 0.1) is 12.1 Å². The number of furan rings is 1. The van der Waals surface area contributed by atoms with Crippen LogP contribution in [0.4, 0.5) is 0 Å². The lowest BCUT2D eigenvalue weighted by atomic mass is 10.4. The molecule has 0 aliphatic heterocycles. The molecule has 0 atom stereocenters. The zero-order valence-electron chi connectivity index (χ0n) is 13.1. The van der Waals surface area contributed by atoms with Crippen LogP contribution in [0.5, 0.6) is 0 Å². The maximum Gasteiger partial charge on any atom is 0.291 e. The molecule has 0 spiro atoms. The SMILES string of the molecule is Cc1cc2c(cc3c(=O)n(CCC(=O)NC4CC4)nc(C)n32)o1. The molecular formula is C16H18N4O3. The summed E-state index contributed by atoms with van der Waals surface area (Å²) >= 11 is 0. The minimum Gasteiger partial charge on any atom is -0.460 e. The van der Waals surface area contributed by atoms with E-state index in [4.69, 9.17) is 4.42 Å². The second-order valence-electron chi connectivity index (χ2n) is 6.14. The van der Waals surface area contributed by atoms with E-state index in [9.17, 15) is 9.59 Å². The molecule has 4 rings (SSSR count). The molecular weight excluding hydrogens is 296 g/mol. The van der Waals surface area contributed by atoms with Gasteiger partial charge in [0.2, 0.25) is 5.91 Å². The molecule has 0 radical (unpaired) electrons. The number of fused-ring (bicyclic) bond motifs is 3. The number of aromatic nitrogens is 3. The van der Waals surface area contributed by atoms with Gasteiger partial charge in [-0.15, -0.1) is 0 Å². The molecule has 1 aliphatic rings. The van der Waals surface area contributed by atoms with Crippen molar-refractivity contribution in [3.8, 4) is 0 Å². The lowest BCUT2D eigenvalue weighted by Gasteiger charge is -2.08. The van der Waals surface area contributed by atoms with Crippen LogP contribution in [0.2, 0.25) is 0 Å². The molecule has 120 valence electrons. The molecule has 0 bridgehead atoms. The highest BCUT2D eigenvalue weighted by molar-refractivity contribution is 5.83. The molecule has 3 aromatic heterocycles. The number of hydrogen-bond acceptors (Lipinski definition) is 4. The van der Waals surface area contributed by atoms with E-state index < -0.39 is 0 Å². The lowest BCUT2D eigenvalue weighted by Crippen LogP contribution is -2.31. The maximum atomic E-state index is 12.6. The Balaban J connectivity index is 1.68. The number of rotatable bonds is 4. The molecule has 1 N–H and O–H groups in total. The molecule has 7 nitrogen and oxygen atoms in total. The minimum absolute atomic E-state index is 0.0292. The maximum absolute atomic E-state index is 12.6. The molecule has 7 heteroatoms. The Hall–Kier alpha value is -2.57. The van der Waals surface area contributed by atoms with Gasteiger partial charge in [0.1, 0.15) is 17.1 Å². The summed E-state index contributed by atoms with van der Waals surface area (Å²) in [7, 11) is 0. The molecule has 0 unspecified atom stereocenters. The third-order valence-corrected chi connectivity index (χ3v) is 4.15. The number of hydrogen-bond donors (Lipinski definition) is 1. The molecule has 3 heterocycles. The van der Waals surface area contributed by atoms with Crippen LogP contribution in [0, 0.1) is 13.8 Å². The van der Waals surface area contributed by atoms with Gasteiger partial charge < -0.3 is 9.73 Å². The summed E-state index contributed by atoms with van der Waals surface area (Å²) in [6.45, 7) is 3.99. The van der Waals surface area contributed by atoms with Gasteiger partial charge in [-0.2, -0.15) is 5.10 Å². The van der Waals surface area contributed by atoms with Gasteiger partial charge in [0, 0.05) is 24.6 Å². The second-order valence-corrected chi connectivity index (χ2v) is 6.14. The van der Waals surface area contributed by atoms with E-state index >= 15 is 0 Å². The van der Waals surface area contributed by atoms with Gasteiger partial charge >= 0.3 is 0 Å². The van der Waals surface area contributed by atoms with Gasteiger partial charge in [-0.05, 0) is 26.7 Å². The lowest BCUT2D eigenvalue weighted by molar-refractivity contribution is -0.121. The molecule has 23 heavy (non-hydrogen) atoms. The van der Waals surface area contributed by atoms with E-state index in [2.05, 4.69) is 10.4 Å². The van der Waals surface area contributed by atoms with Crippen LogP contribution >= 0.6 is 0 Å². The minimum atomic E-state index is -0.209. The van der Waals surface area contributed by atoms with Gasteiger partial charge in [-0.25, -0.2) is 4.68 Å². The highest BCUT2D eigenvalue weighted by Gasteiger charge is 2.23. The Morgan fingerprint density at radius 3 is 2.87 bits per heavy atom. The third kappa shape index (κ3) is 2.42. The van der Waals surface area contributed by atoms with E-state index in [1.165, 1.54) is 4.68 Å². The van der Waals surface area contributed by atoms with Crippen LogP contribution < -0.4 is 10.9 Å². The highest BCUT2D eigenvalue weighted by atomic mass is 16.3. The van der Waals surface area contributed by atoms with E-state index in [0.717, 1.165) is 24.1 Å². The van der Waals surface area contributed by atoms with Crippen molar-refractivity contribution in [3.63, 3.8) is 0 Å². The first-order valence-corrected chi connectivity index (χ1v) is 7.81. The first kappa shape index (κ1) is 14.0. The monoisotopic (exact) mass is 314 g/mol. The number of aryl methyl sites for hydroxylation is 3. The highest BCUT2D eigenvalue weighted by Crippen LogP contribution is 2.22. The van der Waals surface area contributed by atoms with E-state index in [1.54, 1.807) is 10.5 Å². The van der Waals surface area contributed by atoms with Crippen LogP contribution in [-0.2, 0) is 11.3 Å². The van der Waals surface area contributed by atoms with E-state index in [0.29, 0.717) is 23.0 Å². The summed E-state index contributed by atoms with van der Waals surface area (Å²) in [6, 6.07) is 3.96. The standard InChI is InChI=1S/C16H18N4O3/c1-9-7-12-14(23-9)8-13-16(22)19(18-10(2)20(12)13)6-5-15(21)17-11-3-4-11/h7-8,11H,3-6H2,1-2H3,(H,17,21). The van der Waals surface area contributed by atoms with Crippen molar-refractivity contribution in [1.29, 1.82) is 0 Å². The predicted molar refractivity (Wildman–Crippen MR) is 84.5 cm³/mol. The first-order valence-electron chi connectivity index (χ1n) is 7.81. The molecule has 0 aromatic carbocycles. The van der Waals surface area contributed by atoms with Crippen molar-refractivity contribution in [2.24, 2.45) is 0 Å². The van der Waals surface area contributed by atoms with Crippen LogP contribution in [-0.4, -0.2) is 26.1 Å². The number of nitrogens with zero attached hydrogens (tertiary/aromatic N) is 3. The topological polar surface area (TPSA) is 81.5 Å². The smallest absolute Gasteiger partial charge is 0.291 e. The predicted octanol–water partition coefficient (Wildman–Crippen LogP) is 1.53. The van der Waals surface area contributed by atoms with Gasteiger partial charge in [-0.3, -0.25) is 14.0 Å². The molecule has 1 fully saturated rings. The van der Waals surface area contributed by atoms with Crippen molar-refractivity contribution < 1.29 is 9.21 Å². The van der Waals surface area contributed by atoms with Gasteiger partial charge in [0.15, 0.2) is 5.58 Å². The summed E-state index contributed by atoms with van der Waals surface area (Å²) in [5.74, 6) is 1.46. The van der Waals surface area contributed by atoms with Crippen LogP contribution in [0.25, 0.3) is 16.6 Å². The summed E-state index contributed by atoms with van der Waals surface area (Å²) in [5.41, 5.74) is 1.83. The zero-order chi connectivity index (χ0) is 16.1. The Kier molecular flexibility index (Phi) is 3.04. The fraction of sp³-hybridized carbons (Fsp3) is 0.438. The number of carbonyl (C=O) groups is 1. The fourth-order valence-electron chi connectivity index (χ4n) is 2.91. The summed E-state index contributed by atoms with van der Waals surface area (Å²) in [5, 5.41) is 7.26. The Morgan fingerprint density at radius 1 is 1.35 bits per heavy atom. The Labute approximate surface area is 131 Å². The van der Waals surface area contributed by atoms with E-state index in [1.807, 2.05) is 19.9 Å². The summed E-state index contributed by atoms with van der Waals surface area (Å²) in [6.07, 6.45) is 2.37. The average Bonchev–Trinajstić information content (AvgIpc) is 3.12. The first-order chi connectivity index (χ1) is 11.0. The third-order valence-electron chi connectivity index (χ3n) is 4.15. The number of amides is 1. The van der Waals surface area contributed by atoms with Crippen molar-refractivity contribution in [2.75, 3.05) is 0 Å². The number of carbonyl (C=O) groups excluding carboxylic acids is 1. The molecule has 1 amide bonds. The van der Waals surface area contributed by atoms with Crippen LogP contribution in [0.1, 0.15) is 30.8 Å². The number of nitrogens with one attached hydrogen (secondary N) is 1. The van der Waals surface area contributed by atoms with Crippen molar-refractivity contribution >= 4 is 22.5 Å². The average molecular weight is 314 g/mol. The molecule has 1 saturated carbocycles. The van der Waals surface area contributed by atoms with Crippen molar-refractivity contribution in [3.05, 3.63) is 34.1 Å². The Morgan fingerprint density at radius 2 is 2.13 bits per heavy atom. The van der Waals surface area contributed by atoms with Gasteiger partial charge in [0.25, 0.3) is 5.56 Å².